The Morgan fingerprint density at radius 3 is 3.21 bits per heavy atom. The standard InChI is InChI=1S/C16H18N6OS/c1-9-4-11-15(19-8-20-16(11)24-9)18-5-10-2-3-13-12(14(17)23)6-21-22(13)7-10/h4,6,8,10H,2-3,5,7H2,1H3,(H2,17,23)(H,18,19,20). The molecule has 24 heavy (non-hydrogen) atoms. The van der Waals surface area contributed by atoms with Crippen LogP contribution in [0.2, 0.25) is 0 Å². The molecule has 1 amide bonds. The molecule has 0 spiro atoms. The van der Waals surface area contributed by atoms with Crippen molar-refractivity contribution in [3.8, 4) is 0 Å². The molecule has 0 bridgehead atoms. The maximum atomic E-state index is 11.4. The number of aryl methyl sites for hydroxylation is 1. The summed E-state index contributed by atoms with van der Waals surface area (Å²) in [6.45, 7) is 3.67. The quantitative estimate of drug-likeness (QED) is 0.755. The molecular weight excluding hydrogens is 324 g/mol. The van der Waals surface area contributed by atoms with Gasteiger partial charge in [0.25, 0.3) is 5.91 Å². The molecule has 0 aromatic carbocycles. The van der Waals surface area contributed by atoms with Crippen LogP contribution in [-0.2, 0) is 13.0 Å². The third kappa shape index (κ3) is 2.62. The number of nitrogens with two attached hydrogens (primary N) is 1. The Bertz CT molecular complexity index is 915. The number of hydrogen-bond acceptors (Lipinski definition) is 6. The Kier molecular flexibility index (Phi) is 3.68. The lowest BCUT2D eigenvalue weighted by molar-refractivity contribution is 0.0998. The summed E-state index contributed by atoms with van der Waals surface area (Å²) in [6, 6.07) is 2.12. The maximum absolute atomic E-state index is 11.4. The summed E-state index contributed by atoms with van der Waals surface area (Å²) in [5, 5.41) is 8.83. The first-order valence-electron chi connectivity index (χ1n) is 7.91. The normalized spacial score (nSPS) is 17.0. The third-order valence-electron chi connectivity index (χ3n) is 4.45. The zero-order valence-corrected chi connectivity index (χ0v) is 14.1. The van der Waals surface area contributed by atoms with E-state index in [1.807, 2.05) is 4.68 Å². The summed E-state index contributed by atoms with van der Waals surface area (Å²) >= 11 is 1.67. The van der Waals surface area contributed by atoms with Crippen LogP contribution >= 0.6 is 11.3 Å². The Labute approximate surface area is 142 Å². The van der Waals surface area contributed by atoms with Crippen LogP contribution in [0.5, 0.6) is 0 Å². The van der Waals surface area contributed by atoms with Gasteiger partial charge < -0.3 is 11.1 Å². The highest BCUT2D eigenvalue weighted by atomic mass is 32.1. The van der Waals surface area contributed by atoms with Crippen molar-refractivity contribution in [1.29, 1.82) is 0 Å². The average molecular weight is 342 g/mol. The second-order valence-corrected chi connectivity index (χ2v) is 7.37. The molecule has 1 aliphatic heterocycles. The van der Waals surface area contributed by atoms with Crippen LogP contribution in [0.4, 0.5) is 5.82 Å². The topological polar surface area (TPSA) is 98.7 Å². The predicted molar refractivity (Wildman–Crippen MR) is 93.2 cm³/mol. The van der Waals surface area contributed by atoms with Gasteiger partial charge >= 0.3 is 0 Å². The summed E-state index contributed by atoms with van der Waals surface area (Å²) < 4.78 is 1.90. The zero-order chi connectivity index (χ0) is 16.7. The largest absolute Gasteiger partial charge is 0.369 e. The van der Waals surface area contributed by atoms with Gasteiger partial charge in [-0.25, -0.2) is 9.97 Å². The average Bonchev–Trinajstić information content (AvgIpc) is 3.14. The summed E-state index contributed by atoms with van der Waals surface area (Å²) in [4.78, 5) is 22.3. The number of hydrogen-bond donors (Lipinski definition) is 2. The van der Waals surface area contributed by atoms with Gasteiger partial charge in [-0.1, -0.05) is 0 Å². The Hall–Kier alpha value is -2.48. The van der Waals surface area contributed by atoms with Crippen LogP contribution in [0.3, 0.4) is 0 Å². The van der Waals surface area contributed by atoms with E-state index in [1.54, 1.807) is 23.9 Å². The van der Waals surface area contributed by atoms with Crippen molar-refractivity contribution >= 4 is 33.3 Å². The number of rotatable bonds is 4. The predicted octanol–water partition coefficient (Wildman–Crippen LogP) is 1.97. The van der Waals surface area contributed by atoms with Gasteiger partial charge in [0.1, 0.15) is 17.0 Å². The van der Waals surface area contributed by atoms with Gasteiger partial charge in [0, 0.05) is 18.0 Å². The molecular formula is C16H18N6OS. The number of primary amides is 1. The van der Waals surface area contributed by atoms with Crippen molar-refractivity contribution in [1.82, 2.24) is 19.7 Å². The Balaban J connectivity index is 1.47. The number of fused-ring (bicyclic) bond motifs is 2. The summed E-state index contributed by atoms with van der Waals surface area (Å²) in [6.07, 6.45) is 5.00. The van der Waals surface area contributed by atoms with Gasteiger partial charge in [0.05, 0.1) is 22.8 Å². The van der Waals surface area contributed by atoms with Crippen LogP contribution in [0.1, 0.15) is 27.3 Å². The van der Waals surface area contributed by atoms with Crippen molar-refractivity contribution < 1.29 is 4.79 Å². The monoisotopic (exact) mass is 342 g/mol. The second kappa shape index (κ2) is 5.86. The number of carbonyl (C=O) groups excluding carboxylic acids is 1. The molecule has 1 unspecified atom stereocenters. The molecule has 0 fully saturated rings. The molecule has 0 radical (unpaired) electrons. The van der Waals surface area contributed by atoms with E-state index in [1.165, 1.54) is 4.88 Å². The van der Waals surface area contributed by atoms with E-state index in [4.69, 9.17) is 5.73 Å². The molecule has 4 rings (SSSR count). The molecule has 3 aromatic rings. The van der Waals surface area contributed by atoms with Crippen LogP contribution < -0.4 is 11.1 Å². The van der Waals surface area contributed by atoms with Gasteiger partial charge in [0.15, 0.2) is 0 Å². The van der Waals surface area contributed by atoms with Crippen molar-refractivity contribution in [3.05, 3.63) is 34.7 Å². The number of carbonyl (C=O) groups is 1. The minimum absolute atomic E-state index is 0.399. The molecule has 3 aromatic heterocycles. The number of amides is 1. The van der Waals surface area contributed by atoms with Crippen molar-refractivity contribution in [2.45, 2.75) is 26.3 Å². The number of nitrogens with one attached hydrogen (secondary N) is 1. The number of anilines is 1. The van der Waals surface area contributed by atoms with Crippen molar-refractivity contribution in [2.24, 2.45) is 11.7 Å². The highest BCUT2D eigenvalue weighted by Crippen LogP contribution is 2.28. The lowest BCUT2D eigenvalue weighted by Gasteiger charge is -2.24. The molecule has 0 saturated carbocycles. The highest BCUT2D eigenvalue weighted by Gasteiger charge is 2.24. The van der Waals surface area contributed by atoms with Crippen molar-refractivity contribution in [2.75, 3.05) is 11.9 Å². The summed E-state index contributed by atoms with van der Waals surface area (Å²) in [7, 11) is 0. The smallest absolute Gasteiger partial charge is 0.252 e. The number of aromatic nitrogens is 4. The third-order valence-corrected chi connectivity index (χ3v) is 5.40. The SMILES string of the molecule is Cc1cc2c(NCC3CCc4c(C(N)=O)cnn4C3)ncnc2s1. The maximum Gasteiger partial charge on any atom is 0.252 e. The summed E-state index contributed by atoms with van der Waals surface area (Å²) in [5.74, 6) is 0.917. The van der Waals surface area contributed by atoms with Crippen LogP contribution in [0.15, 0.2) is 18.6 Å². The summed E-state index contributed by atoms with van der Waals surface area (Å²) in [5.41, 5.74) is 6.89. The molecule has 7 nitrogen and oxygen atoms in total. The van der Waals surface area contributed by atoms with Crippen LogP contribution in [-0.4, -0.2) is 32.2 Å². The highest BCUT2D eigenvalue weighted by molar-refractivity contribution is 7.18. The van der Waals surface area contributed by atoms with E-state index >= 15 is 0 Å². The fourth-order valence-corrected chi connectivity index (χ4v) is 4.09. The van der Waals surface area contributed by atoms with E-state index in [9.17, 15) is 4.79 Å². The molecule has 1 atom stereocenters. The molecule has 8 heteroatoms. The van der Waals surface area contributed by atoms with Gasteiger partial charge in [-0.3, -0.25) is 9.48 Å². The molecule has 1 aliphatic rings. The fourth-order valence-electron chi connectivity index (χ4n) is 3.24. The molecule has 4 heterocycles. The zero-order valence-electron chi connectivity index (χ0n) is 13.3. The molecule has 124 valence electrons. The van der Waals surface area contributed by atoms with Gasteiger partial charge in [0.2, 0.25) is 0 Å². The van der Waals surface area contributed by atoms with Crippen molar-refractivity contribution in [3.63, 3.8) is 0 Å². The van der Waals surface area contributed by atoms with E-state index in [0.29, 0.717) is 11.5 Å². The van der Waals surface area contributed by atoms with E-state index in [-0.39, 0.29) is 0 Å². The lowest BCUT2D eigenvalue weighted by atomic mass is 9.96. The minimum Gasteiger partial charge on any atom is -0.369 e. The second-order valence-electron chi connectivity index (χ2n) is 6.14. The minimum atomic E-state index is -0.399. The first-order chi connectivity index (χ1) is 11.6. The molecule has 0 aliphatic carbocycles. The van der Waals surface area contributed by atoms with Crippen LogP contribution in [0.25, 0.3) is 10.2 Å². The Morgan fingerprint density at radius 1 is 1.50 bits per heavy atom. The first-order valence-corrected chi connectivity index (χ1v) is 8.73. The molecule has 3 N–H and O–H groups in total. The molecule has 0 saturated heterocycles. The number of nitrogens with zero attached hydrogens (tertiary/aromatic N) is 4. The Morgan fingerprint density at radius 2 is 2.38 bits per heavy atom. The van der Waals surface area contributed by atoms with Crippen LogP contribution in [0, 0.1) is 12.8 Å². The van der Waals surface area contributed by atoms with E-state index in [2.05, 4.69) is 33.4 Å². The fraction of sp³-hybridized carbons (Fsp3) is 0.375. The van der Waals surface area contributed by atoms with E-state index < -0.39 is 5.91 Å². The lowest BCUT2D eigenvalue weighted by Crippen LogP contribution is -2.28. The first kappa shape index (κ1) is 15.1. The van der Waals surface area contributed by atoms with Gasteiger partial charge in [-0.15, -0.1) is 11.3 Å². The van der Waals surface area contributed by atoms with Gasteiger partial charge in [-0.05, 0) is 31.7 Å². The number of thiophene rings is 1. The van der Waals surface area contributed by atoms with E-state index in [0.717, 1.165) is 47.7 Å². The van der Waals surface area contributed by atoms with Gasteiger partial charge in [-0.2, -0.15) is 5.10 Å².